The first-order chi connectivity index (χ1) is 9.88. The highest BCUT2D eigenvalue weighted by Gasteiger charge is 2.34. The molecule has 2 heterocycles. The Hall–Kier alpha value is -1.75. The van der Waals surface area contributed by atoms with Crippen LogP contribution in [0.25, 0.3) is 11.4 Å². The maximum absolute atomic E-state index is 13.6. The average Bonchev–Trinajstić information content (AvgIpc) is 2.84. The summed E-state index contributed by atoms with van der Waals surface area (Å²) in [6.07, 6.45) is 0. The Bertz CT molecular complexity index is 669. The van der Waals surface area contributed by atoms with Gasteiger partial charge in [-0.3, -0.25) is 0 Å². The second-order valence-electron chi connectivity index (χ2n) is 6.75. The quantitative estimate of drug-likeness (QED) is 0.877. The molecule has 0 saturated heterocycles. The molecule has 1 atom stereocenters. The Morgan fingerprint density at radius 1 is 1.29 bits per heavy atom. The number of fused-ring (bicyclic) bond motifs is 1. The van der Waals surface area contributed by atoms with E-state index in [0.717, 1.165) is 35.9 Å². The van der Waals surface area contributed by atoms with Crippen LogP contribution in [0.15, 0.2) is 18.2 Å². The van der Waals surface area contributed by atoms with Crippen LogP contribution in [0.1, 0.15) is 38.2 Å². The maximum Gasteiger partial charge on any atom is 0.164 e. The van der Waals surface area contributed by atoms with Gasteiger partial charge in [-0.15, -0.1) is 10.2 Å². The minimum absolute atomic E-state index is 0.0550. The van der Waals surface area contributed by atoms with Crippen molar-refractivity contribution in [1.82, 2.24) is 20.1 Å². The van der Waals surface area contributed by atoms with Gasteiger partial charge in [-0.2, -0.15) is 0 Å². The summed E-state index contributed by atoms with van der Waals surface area (Å²) in [4.78, 5) is 0. The number of hydrogen-bond donors (Lipinski definition) is 1. The number of benzene rings is 1. The van der Waals surface area contributed by atoms with Crippen LogP contribution in [-0.2, 0) is 6.54 Å². The number of hydrogen-bond acceptors (Lipinski definition) is 3. The molecule has 112 valence electrons. The van der Waals surface area contributed by atoms with Crippen LogP contribution in [0, 0.1) is 18.2 Å². The van der Waals surface area contributed by atoms with E-state index in [9.17, 15) is 4.39 Å². The Morgan fingerprint density at radius 2 is 2.05 bits per heavy atom. The molecule has 0 aliphatic carbocycles. The van der Waals surface area contributed by atoms with Crippen molar-refractivity contribution in [3.63, 3.8) is 0 Å². The smallest absolute Gasteiger partial charge is 0.164 e. The summed E-state index contributed by atoms with van der Waals surface area (Å²) >= 11 is 0. The zero-order chi connectivity index (χ0) is 15.2. The number of nitrogens with zero attached hydrogens (tertiary/aromatic N) is 3. The predicted molar refractivity (Wildman–Crippen MR) is 80.4 cm³/mol. The van der Waals surface area contributed by atoms with Crippen molar-refractivity contribution in [2.45, 2.75) is 40.3 Å². The van der Waals surface area contributed by atoms with Gasteiger partial charge < -0.3 is 9.88 Å². The van der Waals surface area contributed by atoms with Crippen molar-refractivity contribution in [2.24, 2.45) is 5.41 Å². The van der Waals surface area contributed by atoms with Crippen LogP contribution in [0.4, 0.5) is 4.39 Å². The summed E-state index contributed by atoms with van der Waals surface area (Å²) in [7, 11) is 0. The minimum atomic E-state index is -0.241. The molecule has 0 saturated carbocycles. The fourth-order valence-corrected chi connectivity index (χ4v) is 2.89. The van der Waals surface area contributed by atoms with Crippen molar-refractivity contribution >= 4 is 0 Å². The summed E-state index contributed by atoms with van der Waals surface area (Å²) in [5.74, 6) is 1.46. The van der Waals surface area contributed by atoms with Gasteiger partial charge in [0, 0.05) is 18.7 Å². The molecule has 0 bridgehead atoms. The van der Waals surface area contributed by atoms with Gasteiger partial charge in [0.05, 0.1) is 6.04 Å². The lowest BCUT2D eigenvalue weighted by Gasteiger charge is -2.34. The summed E-state index contributed by atoms with van der Waals surface area (Å²) < 4.78 is 15.7. The largest absolute Gasteiger partial charge is 0.308 e. The molecule has 21 heavy (non-hydrogen) atoms. The number of aryl methyl sites for hydroxylation is 1. The van der Waals surface area contributed by atoms with Crippen LogP contribution in [0.3, 0.4) is 0 Å². The van der Waals surface area contributed by atoms with Gasteiger partial charge in [-0.1, -0.05) is 26.8 Å². The molecule has 5 heteroatoms. The molecule has 1 aliphatic rings. The Kier molecular flexibility index (Phi) is 3.32. The minimum Gasteiger partial charge on any atom is -0.308 e. The maximum atomic E-state index is 13.6. The standard InChI is InChI=1S/C16H21FN4/c1-10-5-6-11(17)9-12(10)14-19-20-15-13(16(2,3)4)18-7-8-21(14)15/h5-6,9,13,18H,7-8H2,1-4H3. The molecule has 3 rings (SSSR count). The van der Waals surface area contributed by atoms with Crippen molar-refractivity contribution in [1.29, 1.82) is 0 Å². The highest BCUT2D eigenvalue weighted by Crippen LogP contribution is 2.35. The second kappa shape index (κ2) is 4.91. The van der Waals surface area contributed by atoms with Gasteiger partial charge in [0.2, 0.25) is 0 Å². The predicted octanol–water partition coefficient (Wildman–Crippen LogP) is 3.08. The SMILES string of the molecule is Cc1ccc(F)cc1-c1nnc2n1CCNC2C(C)(C)C. The molecule has 0 radical (unpaired) electrons. The monoisotopic (exact) mass is 288 g/mol. The van der Waals surface area contributed by atoms with Crippen LogP contribution in [0.5, 0.6) is 0 Å². The fraction of sp³-hybridized carbons (Fsp3) is 0.500. The van der Waals surface area contributed by atoms with Crippen LogP contribution in [0.2, 0.25) is 0 Å². The molecule has 0 spiro atoms. The zero-order valence-corrected chi connectivity index (χ0v) is 12.9. The van der Waals surface area contributed by atoms with Gasteiger partial charge in [-0.05, 0) is 30.0 Å². The third-order valence-corrected chi connectivity index (χ3v) is 4.03. The first-order valence-electron chi connectivity index (χ1n) is 7.31. The molecular formula is C16H21FN4. The third kappa shape index (κ3) is 2.46. The number of rotatable bonds is 1. The van der Waals surface area contributed by atoms with Crippen molar-refractivity contribution in [3.05, 3.63) is 35.4 Å². The first kappa shape index (κ1) is 14.2. The molecule has 1 aromatic heterocycles. The number of halogens is 1. The second-order valence-corrected chi connectivity index (χ2v) is 6.75. The van der Waals surface area contributed by atoms with E-state index in [2.05, 4.69) is 40.9 Å². The Labute approximate surface area is 124 Å². The topological polar surface area (TPSA) is 42.7 Å². The Morgan fingerprint density at radius 3 is 2.76 bits per heavy atom. The third-order valence-electron chi connectivity index (χ3n) is 4.03. The van der Waals surface area contributed by atoms with E-state index in [4.69, 9.17) is 0 Å². The molecule has 1 aliphatic heterocycles. The van der Waals surface area contributed by atoms with E-state index >= 15 is 0 Å². The van der Waals surface area contributed by atoms with Crippen LogP contribution < -0.4 is 5.32 Å². The van der Waals surface area contributed by atoms with Crippen LogP contribution >= 0.6 is 0 Å². The van der Waals surface area contributed by atoms with Gasteiger partial charge in [-0.25, -0.2) is 4.39 Å². The lowest BCUT2D eigenvalue weighted by atomic mass is 9.85. The fourth-order valence-electron chi connectivity index (χ4n) is 2.89. The van der Waals surface area contributed by atoms with Gasteiger partial charge in [0.15, 0.2) is 11.6 Å². The lowest BCUT2D eigenvalue weighted by molar-refractivity contribution is 0.234. The van der Waals surface area contributed by atoms with Gasteiger partial charge >= 0.3 is 0 Å². The van der Waals surface area contributed by atoms with Gasteiger partial charge in [0.1, 0.15) is 5.82 Å². The summed E-state index contributed by atoms with van der Waals surface area (Å²) in [5, 5.41) is 12.2. The van der Waals surface area contributed by atoms with Crippen molar-refractivity contribution < 1.29 is 4.39 Å². The highest BCUT2D eigenvalue weighted by atomic mass is 19.1. The van der Waals surface area contributed by atoms with Crippen LogP contribution in [-0.4, -0.2) is 21.3 Å². The molecule has 0 amide bonds. The van der Waals surface area contributed by atoms with E-state index in [0.29, 0.717) is 0 Å². The van der Waals surface area contributed by atoms with E-state index in [1.54, 1.807) is 12.1 Å². The molecular weight excluding hydrogens is 267 g/mol. The zero-order valence-electron chi connectivity index (χ0n) is 12.9. The molecule has 1 aromatic carbocycles. The number of aromatic nitrogens is 3. The summed E-state index contributed by atoms with van der Waals surface area (Å²) in [6, 6.07) is 4.96. The molecule has 0 fully saturated rings. The molecule has 4 nitrogen and oxygen atoms in total. The van der Waals surface area contributed by atoms with Crippen molar-refractivity contribution in [3.8, 4) is 11.4 Å². The molecule has 1 N–H and O–H groups in total. The number of nitrogens with one attached hydrogen (secondary N) is 1. The summed E-state index contributed by atoms with van der Waals surface area (Å²) in [5.41, 5.74) is 1.89. The van der Waals surface area contributed by atoms with E-state index in [1.807, 2.05) is 6.92 Å². The average molecular weight is 288 g/mol. The van der Waals surface area contributed by atoms with E-state index in [-0.39, 0.29) is 17.3 Å². The molecule has 2 aromatic rings. The Balaban J connectivity index is 2.12. The molecule has 1 unspecified atom stereocenters. The van der Waals surface area contributed by atoms with Crippen molar-refractivity contribution in [2.75, 3.05) is 6.54 Å². The lowest BCUT2D eigenvalue weighted by Crippen LogP contribution is -2.40. The first-order valence-corrected chi connectivity index (χ1v) is 7.31. The normalized spacial score (nSPS) is 18.6. The van der Waals surface area contributed by atoms with E-state index < -0.39 is 0 Å². The highest BCUT2D eigenvalue weighted by molar-refractivity contribution is 5.60. The van der Waals surface area contributed by atoms with Gasteiger partial charge in [0.25, 0.3) is 0 Å². The van der Waals surface area contributed by atoms with E-state index in [1.165, 1.54) is 6.07 Å². The summed E-state index contributed by atoms with van der Waals surface area (Å²) in [6.45, 7) is 10.2.